The lowest BCUT2D eigenvalue weighted by atomic mass is 10.0. The van der Waals surface area contributed by atoms with Crippen LogP contribution in [0.1, 0.15) is 5.56 Å². The van der Waals surface area contributed by atoms with Crippen LogP contribution in [0.3, 0.4) is 0 Å². The van der Waals surface area contributed by atoms with Gasteiger partial charge in [-0.3, -0.25) is 0 Å². The summed E-state index contributed by atoms with van der Waals surface area (Å²) in [5, 5.41) is 0. The molecule has 0 fully saturated rings. The number of hydrogen-bond donors (Lipinski definition) is 2. The van der Waals surface area contributed by atoms with Crippen molar-refractivity contribution in [1.29, 1.82) is 0 Å². The Kier molecular flexibility index (Phi) is 7.44. The van der Waals surface area contributed by atoms with Gasteiger partial charge in [0.25, 0.3) is 0 Å². The Labute approximate surface area is 120 Å². The number of hydrogen-bond acceptors (Lipinski definition) is 2. The van der Waals surface area contributed by atoms with Crippen LogP contribution < -0.4 is 11.5 Å². The van der Waals surface area contributed by atoms with E-state index in [1.165, 1.54) is 16.7 Å². The minimum absolute atomic E-state index is 0. The van der Waals surface area contributed by atoms with Crippen molar-refractivity contribution in [2.75, 3.05) is 12.3 Å². The maximum absolute atomic E-state index is 5.67. The predicted octanol–water partition coefficient (Wildman–Crippen LogP) is 3.28. The highest BCUT2D eigenvalue weighted by molar-refractivity contribution is 5.85. The van der Waals surface area contributed by atoms with E-state index in [-0.39, 0.29) is 24.8 Å². The SMILES string of the molecule is Cl.Cl.NCCc1cccc(-c2ccc(N)cc2)c1. The summed E-state index contributed by atoms with van der Waals surface area (Å²) < 4.78 is 0. The quantitative estimate of drug-likeness (QED) is 0.850. The molecule has 0 bridgehead atoms. The molecule has 0 aliphatic carbocycles. The number of nitrogen functional groups attached to an aromatic ring is 1. The van der Waals surface area contributed by atoms with Gasteiger partial charge >= 0.3 is 0 Å². The molecular weight excluding hydrogens is 267 g/mol. The fourth-order valence-electron chi connectivity index (χ4n) is 1.75. The summed E-state index contributed by atoms with van der Waals surface area (Å²) >= 11 is 0. The molecule has 0 aliphatic rings. The highest BCUT2D eigenvalue weighted by Crippen LogP contribution is 2.21. The van der Waals surface area contributed by atoms with Crippen LogP contribution in [0.4, 0.5) is 5.69 Å². The van der Waals surface area contributed by atoms with Crippen LogP contribution in [-0.2, 0) is 6.42 Å². The molecule has 4 heteroatoms. The number of anilines is 1. The summed E-state index contributed by atoms with van der Waals surface area (Å²) in [7, 11) is 0. The minimum atomic E-state index is 0. The summed E-state index contributed by atoms with van der Waals surface area (Å²) in [6.45, 7) is 0.686. The number of rotatable bonds is 3. The average molecular weight is 285 g/mol. The first kappa shape index (κ1) is 16.8. The summed E-state index contributed by atoms with van der Waals surface area (Å²) in [6, 6.07) is 16.4. The van der Waals surface area contributed by atoms with E-state index in [0.717, 1.165) is 12.1 Å². The van der Waals surface area contributed by atoms with Crippen LogP contribution in [-0.4, -0.2) is 6.54 Å². The molecule has 0 radical (unpaired) electrons. The minimum Gasteiger partial charge on any atom is -0.399 e. The third-order valence-corrected chi connectivity index (χ3v) is 2.60. The third-order valence-electron chi connectivity index (χ3n) is 2.60. The van der Waals surface area contributed by atoms with Crippen LogP contribution in [0, 0.1) is 0 Å². The van der Waals surface area contributed by atoms with Gasteiger partial charge in [-0.15, -0.1) is 24.8 Å². The van der Waals surface area contributed by atoms with Crippen molar-refractivity contribution in [2.45, 2.75) is 6.42 Å². The Balaban J connectivity index is 0.00000144. The highest BCUT2D eigenvalue weighted by atomic mass is 35.5. The third kappa shape index (κ3) is 4.22. The van der Waals surface area contributed by atoms with E-state index in [9.17, 15) is 0 Å². The molecule has 2 aromatic rings. The van der Waals surface area contributed by atoms with E-state index in [1.54, 1.807) is 0 Å². The molecular formula is C14H18Cl2N2. The Hall–Kier alpha value is -1.22. The van der Waals surface area contributed by atoms with Gasteiger partial charge in [-0.25, -0.2) is 0 Å². The maximum Gasteiger partial charge on any atom is 0.0314 e. The summed E-state index contributed by atoms with van der Waals surface area (Å²) in [4.78, 5) is 0. The lowest BCUT2D eigenvalue weighted by Gasteiger charge is -2.05. The molecule has 0 saturated heterocycles. The van der Waals surface area contributed by atoms with Crippen molar-refractivity contribution in [1.82, 2.24) is 0 Å². The van der Waals surface area contributed by atoms with Gasteiger partial charge in [0.2, 0.25) is 0 Å². The number of nitrogens with two attached hydrogens (primary N) is 2. The zero-order valence-corrected chi connectivity index (χ0v) is 11.6. The maximum atomic E-state index is 5.67. The molecule has 0 atom stereocenters. The van der Waals surface area contributed by atoms with Gasteiger partial charge in [-0.05, 0) is 41.8 Å². The lowest BCUT2D eigenvalue weighted by Crippen LogP contribution is -2.02. The summed E-state index contributed by atoms with van der Waals surface area (Å²) in [6.07, 6.45) is 0.919. The van der Waals surface area contributed by atoms with Crippen molar-refractivity contribution in [3.05, 3.63) is 54.1 Å². The molecule has 0 amide bonds. The molecule has 2 aromatic carbocycles. The molecule has 0 aliphatic heterocycles. The van der Waals surface area contributed by atoms with Gasteiger partial charge in [0.1, 0.15) is 0 Å². The lowest BCUT2D eigenvalue weighted by molar-refractivity contribution is 0.969. The first-order chi connectivity index (χ1) is 7.79. The molecule has 98 valence electrons. The molecule has 0 unspecified atom stereocenters. The Morgan fingerprint density at radius 3 is 2.11 bits per heavy atom. The Morgan fingerprint density at radius 2 is 1.50 bits per heavy atom. The van der Waals surface area contributed by atoms with E-state index < -0.39 is 0 Å². The van der Waals surface area contributed by atoms with Crippen molar-refractivity contribution >= 4 is 30.5 Å². The Morgan fingerprint density at radius 1 is 0.833 bits per heavy atom. The van der Waals surface area contributed by atoms with E-state index in [2.05, 4.69) is 24.3 Å². The smallest absolute Gasteiger partial charge is 0.0314 e. The van der Waals surface area contributed by atoms with Gasteiger partial charge in [0, 0.05) is 5.69 Å². The van der Waals surface area contributed by atoms with Crippen molar-refractivity contribution < 1.29 is 0 Å². The monoisotopic (exact) mass is 284 g/mol. The zero-order valence-electron chi connectivity index (χ0n) is 10.0. The molecule has 0 aromatic heterocycles. The molecule has 4 N–H and O–H groups in total. The van der Waals surface area contributed by atoms with E-state index >= 15 is 0 Å². The van der Waals surface area contributed by atoms with Crippen LogP contribution >= 0.6 is 24.8 Å². The Bertz CT molecular complexity index is 469. The molecule has 18 heavy (non-hydrogen) atoms. The normalized spacial score (nSPS) is 9.17. The second kappa shape index (κ2) is 7.98. The second-order valence-corrected chi connectivity index (χ2v) is 3.86. The van der Waals surface area contributed by atoms with E-state index in [4.69, 9.17) is 11.5 Å². The topological polar surface area (TPSA) is 52.0 Å². The largest absolute Gasteiger partial charge is 0.399 e. The molecule has 0 heterocycles. The predicted molar refractivity (Wildman–Crippen MR) is 83.5 cm³/mol. The molecule has 0 saturated carbocycles. The van der Waals surface area contributed by atoms with Gasteiger partial charge in [-0.2, -0.15) is 0 Å². The van der Waals surface area contributed by atoms with Gasteiger partial charge in [0.15, 0.2) is 0 Å². The fraction of sp³-hybridized carbons (Fsp3) is 0.143. The van der Waals surface area contributed by atoms with Crippen molar-refractivity contribution in [3.8, 4) is 11.1 Å². The average Bonchev–Trinajstić information content (AvgIpc) is 2.31. The summed E-state index contributed by atoms with van der Waals surface area (Å²) in [5.41, 5.74) is 15.7. The zero-order chi connectivity index (χ0) is 11.4. The standard InChI is InChI=1S/C14H16N2.2ClH/c15-9-8-11-2-1-3-13(10-11)12-4-6-14(16)7-5-12;;/h1-7,10H,8-9,15-16H2;2*1H. The first-order valence-corrected chi connectivity index (χ1v) is 5.44. The summed E-state index contributed by atoms with van der Waals surface area (Å²) in [5.74, 6) is 0. The van der Waals surface area contributed by atoms with Crippen molar-refractivity contribution in [3.63, 3.8) is 0 Å². The first-order valence-electron chi connectivity index (χ1n) is 5.44. The van der Waals surface area contributed by atoms with Crippen LogP contribution in [0.15, 0.2) is 48.5 Å². The van der Waals surface area contributed by atoms with Gasteiger partial charge in [-0.1, -0.05) is 36.4 Å². The van der Waals surface area contributed by atoms with E-state index in [0.29, 0.717) is 6.54 Å². The molecule has 2 rings (SSSR count). The number of benzene rings is 2. The second-order valence-electron chi connectivity index (χ2n) is 3.86. The van der Waals surface area contributed by atoms with Gasteiger partial charge < -0.3 is 11.5 Å². The van der Waals surface area contributed by atoms with Crippen LogP contribution in [0.25, 0.3) is 11.1 Å². The fourth-order valence-corrected chi connectivity index (χ4v) is 1.75. The molecule has 2 nitrogen and oxygen atoms in total. The van der Waals surface area contributed by atoms with Crippen molar-refractivity contribution in [2.24, 2.45) is 5.73 Å². The van der Waals surface area contributed by atoms with Crippen LogP contribution in [0.5, 0.6) is 0 Å². The molecule has 0 spiro atoms. The van der Waals surface area contributed by atoms with E-state index in [1.807, 2.05) is 24.3 Å². The number of halogens is 2. The van der Waals surface area contributed by atoms with Gasteiger partial charge in [0.05, 0.1) is 0 Å². The van der Waals surface area contributed by atoms with Crippen LogP contribution in [0.2, 0.25) is 0 Å². The highest BCUT2D eigenvalue weighted by Gasteiger charge is 1.98.